The van der Waals surface area contributed by atoms with Gasteiger partial charge in [-0.2, -0.15) is 0 Å². The smallest absolute Gasteiger partial charge is 0.137 e. The number of nitrogens with one attached hydrogen (secondary N) is 1. The normalized spacial score (nSPS) is 12.3. The molecule has 1 N–H and O–H groups in total. The molecule has 0 aliphatic carbocycles. The van der Waals surface area contributed by atoms with E-state index in [0.717, 1.165) is 30.0 Å². The van der Waals surface area contributed by atoms with E-state index in [-0.39, 0.29) is 6.04 Å². The van der Waals surface area contributed by atoms with Crippen molar-refractivity contribution < 1.29 is 4.74 Å². The standard InChI is InChI=1S/C13H17N3OS/c1-3-4-15-13(12-8-18-9-16-12)10-5-11(17-2)7-14-6-10/h5-9,13,15H,3-4H2,1-2H3. The second-order valence-electron chi connectivity index (χ2n) is 3.96. The van der Waals surface area contributed by atoms with Gasteiger partial charge < -0.3 is 10.1 Å². The minimum atomic E-state index is 0.0822. The molecular weight excluding hydrogens is 246 g/mol. The van der Waals surface area contributed by atoms with Crippen molar-refractivity contribution in [3.8, 4) is 5.75 Å². The van der Waals surface area contributed by atoms with Gasteiger partial charge in [-0.1, -0.05) is 6.92 Å². The molecule has 0 fully saturated rings. The van der Waals surface area contributed by atoms with Gasteiger partial charge in [0.2, 0.25) is 0 Å². The molecule has 5 heteroatoms. The number of rotatable bonds is 6. The maximum Gasteiger partial charge on any atom is 0.137 e. The molecule has 1 atom stereocenters. The summed E-state index contributed by atoms with van der Waals surface area (Å²) in [5.74, 6) is 0.769. The van der Waals surface area contributed by atoms with Gasteiger partial charge in [-0.3, -0.25) is 4.98 Å². The number of thiazole rings is 1. The van der Waals surface area contributed by atoms with Crippen LogP contribution >= 0.6 is 11.3 Å². The maximum absolute atomic E-state index is 5.22. The molecular formula is C13H17N3OS. The van der Waals surface area contributed by atoms with E-state index in [0.29, 0.717) is 0 Å². The Bertz CT molecular complexity index is 473. The van der Waals surface area contributed by atoms with E-state index in [4.69, 9.17) is 4.74 Å². The zero-order valence-electron chi connectivity index (χ0n) is 10.6. The molecule has 0 aromatic carbocycles. The van der Waals surface area contributed by atoms with Crippen molar-refractivity contribution >= 4 is 11.3 Å². The van der Waals surface area contributed by atoms with Crippen molar-refractivity contribution in [3.63, 3.8) is 0 Å². The molecule has 4 nitrogen and oxygen atoms in total. The van der Waals surface area contributed by atoms with Crippen LogP contribution in [-0.4, -0.2) is 23.6 Å². The van der Waals surface area contributed by atoms with E-state index in [9.17, 15) is 0 Å². The summed E-state index contributed by atoms with van der Waals surface area (Å²) in [6.45, 7) is 3.09. The second-order valence-corrected chi connectivity index (χ2v) is 4.68. The molecule has 0 spiro atoms. The minimum Gasteiger partial charge on any atom is -0.495 e. The number of methoxy groups -OCH3 is 1. The lowest BCUT2D eigenvalue weighted by Gasteiger charge is -2.17. The van der Waals surface area contributed by atoms with Crippen LogP contribution in [0.4, 0.5) is 0 Å². The summed E-state index contributed by atoms with van der Waals surface area (Å²) in [6.07, 6.45) is 4.65. The molecule has 2 rings (SSSR count). The summed E-state index contributed by atoms with van der Waals surface area (Å²) in [5, 5.41) is 5.55. The van der Waals surface area contributed by atoms with Gasteiger partial charge in [0.1, 0.15) is 5.75 Å². The number of pyridine rings is 1. The van der Waals surface area contributed by atoms with Crippen LogP contribution in [0.1, 0.15) is 30.6 Å². The van der Waals surface area contributed by atoms with Crippen LogP contribution in [-0.2, 0) is 0 Å². The Morgan fingerprint density at radius 1 is 1.44 bits per heavy atom. The molecule has 1 unspecified atom stereocenters. The van der Waals surface area contributed by atoms with Gasteiger partial charge in [-0.15, -0.1) is 11.3 Å². The summed E-state index contributed by atoms with van der Waals surface area (Å²) in [4.78, 5) is 8.59. The minimum absolute atomic E-state index is 0.0822. The topological polar surface area (TPSA) is 47.0 Å². The van der Waals surface area contributed by atoms with Crippen molar-refractivity contribution in [2.75, 3.05) is 13.7 Å². The molecule has 2 aromatic rings. The van der Waals surface area contributed by atoms with E-state index in [2.05, 4.69) is 27.6 Å². The van der Waals surface area contributed by atoms with Gasteiger partial charge in [0.05, 0.1) is 30.6 Å². The monoisotopic (exact) mass is 263 g/mol. The summed E-state index contributed by atoms with van der Waals surface area (Å²) >= 11 is 1.60. The fourth-order valence-corrected chi connectivity index (χ4v) is 2.33. The van der Waals surface area contributed by atoms with Crippen LogP contribution in [0.15, 0.2) is 29.4 Å². The van der Waals surface area contributed by atoms with Gasteiger partial charge in [-0.05, 0) is 24.6 Å². The van der Waals surface area contributed by atoms with Crippen LogP contribution < -0.4 is 10.1 Å². The first-order valence-electron chi connectivity index (χ1n) is 5.95. The lowest BCUT2D eigenvalue weighted by atomic mass is 10.1. The highest BCUT2D eigenvalue weighted by molar-refractivity contribution is 7.07. The van der Waals surface area contributed by atoms with Gasteiger partial charge in [0.25, 0.3) is 0 Å². The third-order valence-electron chi connectivity index (χ3n) is 2.65. The van der Waals surface area contributed by atoms with Crippen molar-refractivity contribution in [2.24, 2.45) is 0 Å². The van der Waals surface area contributed by atoms with Crippen LogP contribution in [0, 0.1) is 0 Å². The highest BCUT2D eigenvalue weighted by Gasteiger charge is 2.16. The van der Waals surface area contributed by atoms with Gasteiger partial charge in [0.15, 0.2) is 0 Å². The molecule has 0 saturated heterocycles. The van der Waals surface area contributed by atoms with E-state index in [1.54, 1.807) is 24.6 Å². The predicted octanol–water partition coefficient (Wildman–Crippen LogP) is 2.64. The molecule has 0 saturated carbocycles. The average molecular weight is 263 g/mol. The van der Waals surface area contributed by atoms with E-state index >= 15 is 0 Å². The summed E-state index contributed by atoms with van der Waals surface area (Å²) in [7, 11) is 1.65. The van der Waals surface area contributed by atoms with Crippen LogP contribution in [0.5, 0.6) is 5.75 Å². The Hall–Kier alpha value is -1.46. The number of hydrogen-bond acceptors (Lipinski definition) is 5. The first-order valence-corrected chi connectivity index (χ1v) is 6.89. The maximum atomic E-state index is 5.22. The molecule has 2 heterocycles. The Kier molecular flexibility index (Phi) is 4.66. The van der Waals surface area contributed by atoms with E-state index in [1.807, 2.05) is 17.8 Å². The van der Waals surface area contributed by atoms with Gasteiger partial charge in [-0.25, -0.2) is 4.98 Å². The number of hydrogen-bond donors (Lipinski definition) is 1. The zero-order valence-corrected chi connectivity index (χ0v) is 11.4. The van der Waals surface area contributed by atoms with Crippen molar-refractivity contribution in [1.29, 1.82) is 0 Å². The first kappa shape index (κ1) is 13.0. The summed E-state index contributed by atoms with van der Waals surface area (Å²) in [6, 6.07) is 2.08. The Balaban J connectivity index is 2.27. The number of ether oxygens (including phenoxy) is 1. The molecule has 0 aliphatic rings. The highest BCUT2D eigenvalue weighted by atomic mass is 32.1. The summed E-state index contributed by atoms with van der Waals surface area (Å²) in [5.41, 5.74) is 3.96. The Morgan fingerprint density at radius 3 is 3.00 bits per heavy atom. The third kappa shape index (κ3) is 3.05. The fraction of sp³-hybridized carbons (Fsp3) is 0.385. The number of aromatic nitrogens is 2. The lowest BCUT2D eigenvalue weighted by molar-refractivity contribution is 0.411. The zero-order chi connectivity index (χ0) is 12.8. The van der Waals surface area contributed by atoms with Crippen molar-refractivity contribution in [2.45, 2.75) is 19.4 Å². The quantitative estimate of drug-likeness (QED) is 0.870. The van der Waals surface area contributed by atoms with Gasteiger partial charge >= 0.3 is 0 Å². The fourth-order valence-electron chi connectivity index (χ4n) is 1.75. The molecule has 0 aliphatic heterocycles. The average Bonchev–Trinajstić information content (AvgIpc) is 2.93. The van der Waals surface area contributed by atoms with Crippen LogP contribution in [0.3, 0.4) is 0 Å². The molecule has 96 valence electrons. The van der Waals surface area contributed by atoms with Crippen LogP contribution in [0.25, 0.3) is 0 Å². The lowest BCUT2D eigenvalue weighted by Crippen LogP contribution is -2.23. The largest absolute Gasteiger partial charge is 0.495 e. The molecule has 2 aromatic heterocycles. The molecule has 0 amide bonds. The SMILES string of the molecule is CCCNC(c1cncc(OC)c1)c1cscn1. The van der Waals surface area contributed by atoms with Crippen molar-refractivity contribution in [3.05, 3.63) is 40.6 Å². The Labute approximate surface area is 111 Å². The van der Waals surface area contributed by atoms with Crippen LogP contribution in [0.2, 0.25) is 0 Å². The van der Waals surface area contributed by atoms with E-state index in [1.165, 1.54) is 0 Å². The molecule has 18 heavy (non-hydrogen) atoms. The summed E-state index contributed by atoms with van der Waals surface area (Å²) < 4.78 is 5.22. The van der Waals surface area contributed by atoms with E-state index < -0.39 is 0 Å². The van der Waals surface area contributed by atoms with Crippen molar-refractivity contribution in [1.82, 2.24) is 15.3 Å². The predicted molar refractivity (Wildman–Crippen MR) is 73.0 cm³/mol. The molecule has 0 radical (unpaired) electrons. The Morgan fingerprint density at radius 2 is 2.33 bits per heavy atom. The highest BCUT2D eigenvalue weighted by Crippen LogP contribution is 2.24. The first-order chi connectivity index (χ1) is 8.85. The van der Waals surface area contributed by atoms with Gasteiger partial charge in [0, 0.05) is 11.6 Å². The molecule has 0 bridgehead atoms. The number of nitrogens with zero attached hydrogens (tertiary/aromatic N) is 2. The third-order valence-corrected chi connectivity index (χ3v) is 3.25. The second kappa shape index (κ2) is 6.47.